The number of hydrogen-bond acceptors (Lipinski definition) is 6. The molecule has 0 spiro atoms. The topological polar surface area (TPSA) is 92.3 Å². The van der Waals surface area contributed by atoms with Crippen LogP contribution in [0.1, 0.15) is 53.4 Å². The summed E-state index contributed by atoms with van der Waals surface area (Å²) in [5, 5.41) is 12.2. The Morgan fingerprint density at radius 1 is 1.19 bits per heavy atom. The normalized spacial score (nSPS) is 18.4. The first-order chi connectivity index (χ1) is 12.9. The predicted octanol–water partition coefficient (Wildman–Crippen LogP) is 3.50. The molecule has 1 amide bonds. The van der Waals surface area contributed by atoms with Crippen molar-refractivity contribution in [1.82, 2.24) is 14.5 Å². The number of halogens is 1. The molecule has 1 saturated heterocycles. The van der Waals surface area contributed by atoms with Crippen molar-refractivity contribution in [2.75, 3.05) is 18.4 Å². The molecule has 1 aromatic heterocycles. The molecule has 144 valence electrons. The van der Waals surface area contributed by atoms with Crippen LogP contribution in [-0.4, -0.2) is 41.9 Å². The minimum Gasteiger partial charge on any atom is -0.296 e. The maximum atomic E-state index is 12.9. The molecule has 1 N–H and O–H groups in total. The molecule has 10 heteroatoms. The van der Waals surface area contributed by atoms with Gasteiger partial charge < -0.3 is 0 Å². The Bertz CT molecular complexity index is 966. The zero-order valence-electron chi connectivity index (χ0n) is 14.5. The summed E-state index contributed by atoms with van der Waals surface area (Å²) in [5.74, 6) is 0.0326. The summed E-state index contributed by atoms with van der Waals surface area (Å²) in [4.78, 5) is 12.5. The molecule has 4 rings (SSSR count). The first kappa shape index (κ1) is 18.8. The lowest BCUT2D eigenvalue weighted by atomic mass is 10.2. The second kappa shape index (κ2) is 7.46. The number of sulfonamides is 1. The van der Waals surface area contributed by atoms with Crippen LogP contribution in [0.4, 0.5) is 5.13 Å². The second-order valence-electron chi connectivity index (χ2n) is 6.78. The van der Waals surface area contributed by atoms with Crippen molar-refractivity contribution in [2.45, 2.75) is 42.9 Å². The monoisotopic (exact) mass is 426 g/mol. The number of anilines is 1. The van der Waals surface area contributed by atoms with Gasteiger partial charge in [0, 0.05) is 24.6 Å². The maximum absolute atomic E-state index is 12.9. The SMILES string of the molecule is O=C(Nc1nnc(C2CC2)s1)c1ccc(Cl)c(S(=O)(=O)N2CCCCC2)c1. The van der Waals surface area contributed by atoms with Crippen molar-refractivity contribution < 1.29 is 13.2 Å². The first-order valence-electron chi connectivity index (χ1n) is 8.89. The fourth-order valence-corrected chi connectivity index (χ4v) is 5.96. The average Bonchev–Trinajstić information content (AvgIpc) is 3.42. The van der Waals surface area contributed by atoms with E-state index in [4.69, 9.17) is 11.6 Å². The molecule has 7 nitrogen and oxygen atoms in total. The van der Waals surface area contributed by atoms with E-state index in [0.29, 0.717) is 24.1 Å². The molecule has 0 radical (unpaired) electrons. The molecule has 27 heavy (non-hydrogen) atoms. The summed E-state index contributed by atoms with van der Waals surface area (Å²) in [7, 11) is -3.72. The molecule has 2 aromatic rings. The van der Waals surface area contributed by atoms with E-state index < -0.39 is 15.9 Å². The largest absolute Gasteiger partial charge is 0.296 e. The zero-order chi connectivity index (χ0) is 19.0. The molecule has 2 fully saturated rings. The van der Waals surface area contributed by atoms with Gasteiger partial charge in [-0.3, -0.25) is 10.1 Å². The molecular weight excluding hydrogens is 408 g/mol. The quantitative estimate of drug-likeness (QED) is 0.789. The summed E-state index contributed by atoms with van der Waals surface area (Å²) in [5.41, 5.74) is 0.221. The minimum absolute atomic E-state index is 0.0327. The molecular formula is C17H19ClN4O3S2. The molecule has 1 aromatic carbocycles. The number of piperidine rings is 1. The van der Waals surface area contributed by atoms with E-state index in [9.17, 15) is 13.2 Å². The summed E-state index contributed by atoms with van der Waals surface area (Å²) >= 11 is 7.51. The average molecular weight is 427 g/mol. The highest BCUT2D eigenvalue weighted by molar-refractivity contribution is 7.89. The number of aromatic nitrogens is 2. The van der Waals surface area contributed by atoms with E-state index in [0.717, 1.165) is 37.1 Å². The van der Waals surface area contributed by atoms with E-state index in [-0.39, 0.29) is 15.5 Å². The van der Waals surface area contributed by atoms with Crippen LogP contribution in [0, 0.1) is 0 Å². The highest BCUT2D eigenvalue weighted by Crippen LogP contribution is 2.42. The minimum atomic E-state index is -3.72. The van der Waals surface area contributed by atoms with Gasteiger partial charge in [0.2, 0.25) is 15.2 Å². The fraction of sp³-hybridized carbons (Fsp3) is 0.471. The zero-order valence-corrected chi connectivity index (χ0v) is 16.9. The predicted molar refractivity (Wildman–Crippen MR) is 104 cm³/mol. The fourth-order valence-electron chi connectivity index (χ4n) is 3.04. The van der Waals surface area contributed by atoms with Crippen LogP contribution in [-0.2, 0) is 10.0 Å². The van der Waals surface area contributed by atoms with Crippen LogP contribution in [0.5, 0.6) is 0 Å². The third-order valence-electron chi connectivity index (χ3n) is 4.71. The molecule has 2 heterocycles. The molecule has 0 bridgehead atoms. The molecule has 1 saturated carbocycles. The molecule has 1 aliphatic heterocycles. The Kier molecular flexibility index (Phi) is 5.19. The summed E-state index contributed by atoms with van der Waals surface area (Å²) in [6, 6.07) is 4.29. The lowest BCUT2D eigenvalue weighted by Crippen LogP contribution is -2.35. The molecule has 2 aliphatic rings. The van der Waals surface area contributed by atoms with E-state index in [1.165, 1.54) is 33.8 Å². The molecule has 1 aliphatic carbocycles. The van der Waals surface area contributed by atoms with Gasteiger partial charge in [0.15, 0.2) is 0 Å². The summed E-state index contributed by atoms with van der Waals surface area (Å²) in [6.07, 6.45) is 4.90. The van der Waals surface area contributed by atoms with Crippen molar-refractivity contribution in [1.29, 1.82) is 0 Å². The Balaban J connectivity index is 1.56. The van der Waals surface area contributed by atoms with E-state index in [1.54, 1.807) is 0 Å². The van der Waals surface area contributed by atoms with Gasteiger partial charge in [-0.2, -0.15) is 4.31 Å². The third-order valence-corrected chi connectivity index (χ3v) is 8.10. The number of nitrogens with zero attached hydrogens (tertiary/aromatic N) is 3. The maximum Gasteiger partial charge on any atom is 0.257 e. The van der Waals surface area contributed by atoms with Crippen molar-refractivity contribution in [3.63, 3.8) is 0 Å². The summed E-state index contributed by atoms with van der Waals surface area (Å²) in [6.45, 7) is 0.952. The van der Waals surface area contributed by atoms with Gasteiger partial charge in [-0.25, -0.2) is 8.42 Å². The number of hydrogen-bond donors (Lipinski definition) is 1. The Labute approximate surface area is 166 Å². The van der Waals surface area contributed by atoms with Crippen LogP contribution in [0.25, 0.3) is 0 Å². The first-order valence-corrected chi connectivity index (χ1v) is 11.5. The third kappa shape index (κ3) is 4.01. The van der Waals surface area contributed by atoms with Crippen LogP contribution in [0.3, 0.4) is 0 Å². The van der Waals surface area contributed by atoms with E-state index in [2.05, 4.69) is 15.5 Å². The number of rotatable bonds is 5. The van der Waals surface area contributed by atoms with Crippen molar-refractivity contribution in [2.24, 2.45) is 0 Å². The van der Waals surface area contributed by atoms with Crippen LogP contribution in [0.15, 0.2) is 23.1 Å². The van der Waals surface area contributed by atoms with Crippen molar-refractivity contribution in [3.8, 4) is 0 Å². The number of carbonyl (C=O) groups is 1. The number of amides is 1. The summed E-state index contributed by atoms with van der Waals surface area (Å²) < 4.78 is 27.3. The van der Waals surface area contributed by atoms with Crippen molar-refractivity contribution in [3.05, 3.63) is 33.8 Å². The lowest BCUT2D eigenvalue weighted by Gasteiger charge is -2.26. The standard InChI is InChI=1S/C17H19ClN4O3S2/c18-13-7-6-12(10-14(13)27(24,25)22-8-2-1-3-9-22)15(23)19-17-21-20-16(26-17)11-4-5-11/h6-7,10-11H,1-5,8-9H2,(H,19,21,23). The Hall–Kier alpha value is -1.55. The van der Waals surface area contributed by atoms with Gasteiger partial charge in [0.05, 0.1) is 5.02 Å². The molecule has 0 unspecified atom stereocenters. The smallest absolute Gasteiger partial charge is 0.257 e. The van der Waals surface area contributed by atoms with Gasteiger partial charge >= 0.3 is 0 Å². The Morgan fingerprint density at radius 3 is 2.63 bits per heavy atom. The highest BCUT2D eigenvalue weighted by atomic mass is 35.5. The number of carbonyl (C=O) groups excluding carboxylic acids is 1. The lowest BCUT2D eigenvalue weighted by molar-refractivity contribution is 0.102. The van der Waals surface area contributed by atoms with E-state index >= 15 is 0 Å². The number of benzene rings is 1. The van der Waals surface area contributed by atoms with Gasteiger partial charge in [-0.05, 0) is 43.9 Å². The van der Waals surface area contributed by atoms with Gasteiger partial charge in [0.1, 0.15) is 9.90 Å². The second-order valence-corrected chi connectivity index (χ2v) is 10.1. The van der Waals surface area contributed by atoms with Crippen LogP contribution in [0.2, 0.25) is 5.02 Å². The molecule has 0 atom stereocenters. The van der Waals surface area contributed by atoms with Crippen LogP contribution >= 0.6 is 22.9 Å². The van der Waals surface area contributed by atoms with Gasteiger partial charge in [-0.15, -0.1) is 10.2 Å². The van der Waals surface area contributed by atoms with Gasteiger partial charge in [-0.1, -0.05) is 29.4 Å². The van der Waals surface area contributed by atoms with E-state index in [1.807, 2.05) is 0 Å². The number of nitrogens with one attached hydrogen (secondary N) is 1. The Morgan fingerprint density at radius 2 is 1.93 bits per heavy atom. The van der Waals surface area contributed by atoms with Crippen LogP contribution < -0.4 is 5.32 Å². The van der Waals surface area contributed by atoms with Crippen molar-refractivity contribution >= 4 is 44.0 Å². The van der Waals surface area contributed by atoms with Gasteiger partial charge in [0.25, 0.3) is 5.91 Å². The highest BCUT2D eigenvalue weighted by Gasteiger charge is 2.30.